The fraction of sp³-hybridized carbons (Fsp3) is 0.458. The molecular weight excluding hydrogens is 396 g/mol. The first kappa shape index (κ1) is 22.6. The largest absolute Gasteiger partial charge is 0.507 e. The van der Waals surface area contributed by atoms with Crippen LogP contribution < -0.4 is 9.47 Å². The summed E-state index contributed by atoms with van der Waals surface area (Å²) in [6.07, 6.45) is 3.86. The van der Waals surface area contributed by atoms with E-state index in [4.69, 9.17) is 9.47 Å². The predicted octanol–water partition coefficient (Wildman–Crippen LogP) is 3.79. The van der Waals surface area contributed by atoms with Gasteiger partial charge in [-0.2, -0.15) is 0 Å². The minimum Gasteiger partial charge on any atom is -0.507 e. The molecule has 2 atom stereocenters. The number of hydrogen-bond donors (Lipinski definition) is 1. The highest BCUT2D eigenvalue weighted by molar-refractivity contribution is 5.92. The number of likely N-dealkylation sites (tertiary alicyclic amines) is 1. The molecule has 1 aliphatic rings. The van der Waals surface area contributed by atoms with Gasteiger partial charge in [0.2, 0.25) is 5.91 Å². The van der Waals surface area contributed by atoms with Crippen LogP contribution in [0.2, 0.25) is 0 Å². The number of Topliss-reactive ketones (excluding diaryl/α,β-unsaturated/α-hetero) is 1. The van der Waals surface area contributed by atoms with Gasteiger partial charge in [-0.05, 0) is 30.4 Å². The van der Waals surface area contributed by atoms with Crippen molar-refractivity contribution in [2.75, 3.05) is 27.3 Å². The number of carbonyl (C=O) groups excluding carboxylic acids is 2. The number of hydrogen-bond acceptors (Lipinski definition) is 6. The maximum Gasteiger partial charge on any atom is 0.223 e. The maximum absolute atomic E-state index is 13.2. The number of aromatic hydroxyl groups is 1. The summed E-state index contributed by atoms with van der Waals surface area (Å²) in [5, 5.41) is 10.8. The molecule has 0 saturated carbocycles. The van der Waals surface area contributed by atoms with E-state index in [0.29, 0.717) is 28.7 Å². The van der Waals surface area contributed by atoms with E-state index in [1.165, 1.54) is 27.2 Å². The molecule has 2 unspecified atom stereocenters. The van der Waals surface area contributed by atoms with Gasteiger partial charge in [0, 0.05) is 56.2 Å². The van der Waals surface area contributed by atoms with Crippen LogP contribution in [0.25, 0.3) is 0 Å². The van der Waals surface area contributed by atoms with Crippen LogP contribution in [0.3, 0.4) is 0 Å². The van der Waals surface area contributed by atoms with Crippen molar-refractivity contribution in [3.05, 3.63) is 47.3 Å². The van der Waals surface area contributed by atoms with Crippen LogP contribution >= 0.6 is 0 Å². The van der Waals surface area contributed by atoms with Crippen LogP contribution in [0.15, 0.2) is 30.5 Å². The number of nitrogens with zero attached hydrogens (tertiary/aromatic N) is 2. The highest BCUT2D eigenvalue weighted by Gasteiger charge is 2.29. The van der Waals surface area contributed by atoms with Gasteiger partial charge in [0.1, 0.15) is 22.9 Å². The van der Waals surface area contributed by atoms with Gasteiger partial charge in [0.15, 0.2) is 5.78 Å². The average molecular weight is 427 g/mol. The topological polar surface area (TPSA) is 89.0 Å². The molecule has 0 spiro atoms. The van der Waals surface area contributed by atoms with Crippen molar-refractivity contribution in [1.29, 1.82) is 0 Å². The lowest BCUT2D eigenvalue weighted by atomic mass is 9.86. The highest BCUT2D eigenvalue weighted by atomic mass is 16.5. The van der Waals surface area contributed by atoms with E-state index < -0.39 is 5.92 Å². The van der Waals surface area contributed by atoms with E-state index in [1.807, 2.05) is 4.90 Å². The highest BCUT2D eigenvalue weighted by Crippen LogP contribution is 2.43. The second-order valence-electron chi connectivity index (χ2n) is 8.14. The summed E-state index contributed by atoms with van der Waals surface area (Å²) in [7, 11) is 3.02. The number of pyridine rings is 1. The van der Waals surface area contributed by atoms with Crippen LogP contribution in [0, 0.1) is 5.92 Å². The Bertz CT molecular complexity index is 942. The Balaban J connectivity index is 2.02. The molecule has 3 rings (SSSR count). The van der Waals surface area contributed by atoms with E-state index in [0.717, 1.165) is 31.5 Å². The molecule has 1 aliphatic heterocycles. The number of phenols is 1. The number of benzene rings is 1. The molecule has 0 bridgehead atoms. The molecule has 0 radical (unpaired) electrons. The molecule has 1 N–H and O–H groups in total. The zero-order chi connectivity index (χ0) is 22.5. The van der Waals surface area contributed by atoms with Crippen molar-refractivity contribution in [3.63, 3.8) is 0 Å². The summed E-state index contributed by atoms with van der Waals surface area (Å²) in [5.41, 5.74) is 1.57. The fourth-order valence-electron chi connectivity index (χ4n) is 4.15. The molecule has 2 aromatic rings. The normalized spacial score (nSPS) is 17.2. The Hall–Kier alpha value is -3.09. The molecular formula is C24H30N2O5. The van der Waals surface area contributed by atoms with Gasteiger partial charge in [-0.3, -0.25) is 14.6 Å². The average Bonchev–Trinajstić information content (AvgIpc) is 2.77. The van der Waals surface area contributed by atoms with E-state index in [1.54, 1.807) is 24.4 Å². The number of methoxy groups -OCH3 is 2. The van der Waals surface area contributed by atoms with E-state index in [9.17, 15) is 14.7 Å². The Labute approximate surface area is 183 Å². The van der Waals surface area contributed by atoms with Gasteiger partial charge in [-0.1, -0.05) is 13.0 Å². The zero-order valence-electron chi connectivity index (χ0n) is 18.6. The maximum atomic E-state index is 13.2. The van der Waals surface area contributed by atoms with Gasteiger partial charge in [-0.25, -0.2) is 0 Å². The van der Waals surface area contributed by atoms with Crippen LogP contribution in [-0.2, 0) is 4.79 Å². The summed E-state index contributed by atoms with van der Waals surface area (Å²) in [6.45, 7) is 5.08. The van der Waals surface area contributed by atoms with Crippen molar-refractivity contribution in [2.45, 2.75) is 39.0 Å². The molecule has 7 nitrogen and oxygen atoms in total. The molecule has 166 valence electrons. The molecule has 7 heteroatoms. The summed E-state index contributed by atoms with van der Waals surface area (Å²) >= 11 is 0. The first-order valence-corrected chi connectivity index (χ1v) is 10.5. The minimum absolute atomic E-state index is 0.0170. The molecule has 1 aromatic heterocycles. The number of amides is 1. The number of phenolic OH excluding ortho intramolecular Hbond substituents is 1. The summed E-state index contributed by atoms with van der Waals surface area (Å²) in [6, 6.07) is 6.62. The first-order valence-electron chi connectivity index (χ1n) is 10.5. The van der Waals surface area contributed by atoms with Crippen molar-refractivity contribution >= 4 is 11.7 Å². The van der Waals surface area contributed by atoms with Crippen LogP contribution in [0.4, 0.5) is 0 Å². The Kier molecular flexibility index (Phi) is 7.15. The van der Waals surface area contributed by atoms with Crippen molar-refractivity contribution in [3.8, 4) is 17.2 Å². The summed E-state index contributed by atoms with van der Waals surface area (Å²) in [5.74, 6) is 0.735. The number of piperidine rings is 1. The van der Waals surface area contributed by atoms with E-state index in [-0.39, 0.29) is 23.9 Å². The second kappa shape index (κ2) is 9.81. The Morgan fingerprint density at radius 3 is 2.61 bits per heavy atom. The number of ether oxygens (including phenoxy) is 2. The number of aromatic nitrogens is 1. The second-order valence-corrected chi connectivity index (χ2v) is 8.14. The fourth-order valence-corrected chi connectivity index (χ4v) is 4.15. The third-order valence-electron chi connectivity index (χ3n) is 5.84. The van der Waals surface area contributed by atoms with Gasteiger partial charge < -0.3 is 19.5 Å². The molecule has 1 saturated heterocycles. The van der Waals surface area contributed by atoms with E-state index >= 15 is 0 Å². The van der Waals surface area contributed by atoms with Crippen LogP contribution in [0.1, 0.15) is 60.6 Å². The van der Waals surface area contributed by atoms with Crippen molar-refractivity contribution < 1.29 is 24.2 Å². The zero-order valence-corrected chi connectivity index (χ0v) is 18.6. The molecule has 0 aliphatic carbocycles. The summed E-state index contributed by atoms with van der Waals surface area (Å²) < 4.78 is 10.8. The number of rotatable bonds is 7. The number of carbonyl (C=O) groups is 2. The smallest absolute Gasteiger partial charge is 0.223 e. The number of ketones is 1. The quantitative estimate of drug-likeness (QED) is 0.678. The molecule has 1 aromatic carbocycles. The van der Waals surface area contributed by atoms with Crippen molar-refractivity contribution in [1.82, 2.24) is 9.88 Å². The lowest BCUT2D eigenvalue weighted by Crippen LogP contribution is -2.39. The minimum atomic E-state index is -0.487. The third kappa shape index (κ3) is 5.16. The van der Waals surface area contributed by atoms with Crippen LogP contribution in [0.5, 0.6) is 17.2 Å². The summed E-state index contributed by atoms with van der Waals surface area (Å²) in [4.78, 5) is 31.0. The molecule has 31 heavy (non-hydrogen) atoms. The SMILES string of the molecule is COc1cc(O)c(C(CC(=O)N2CCCC(C)C2)c2ccc(C(C)=O)nc2)c(OC)c1. The standard InChI is InChI=1S/C24H30N2O5/c1-15-6-5-9-26(14-15)23(29)12-19(17-7-8-20(16(2)27)25-13-17)24-21(28)10-18(30-3)11-22(24)31-4/h7-8,10-11,13,15,19,28H,5-6,9,12,14H2,1-4H3. The lowest BCUT2D eigenvalue weighted by molar-refractivity contribution is -0.133. The first-order chi connectivity index (χ1) is 14.8. The van der Waals surface area contributed by atoms with Crippen molar-refractivity contribution in [2.24, 2.45) is 5.92 Å². The van der Waals surface area contributed by atoms with Gasteiger partial charge in [0.25, 0.3) is 0 Å². The van der Waals surface area contributed by atoms with Crippen LogP contribution in [-0.4, -0.2) is 54.0 Å². The van der Waals surface area contributed by atoms with Gasteiger partial charge in [-0.15, -0.1) is 0 Å². The Morgan fingerprint density at radius 1 is 1.26 bits per heavy atom. The van der Waals surface area contributed by atoms with Gasteiger partial charge >= 0.3 is 0 Å². The third-order valence-corrected chi connectivity index (χ3v) is 5.84. The van der Waals surface area contributed by atoms with Gasteiger partial charge in [0.05, 0.1) is 14.2 Å². The van der Waals surface area contributed by atoms with E-state index in [2.05, 4.69) is 11.9 Å². The molecule has 1 fully saturated rings. The molecule has 2 heterocycles. The monoisotopic (exact) mass is 426 g/mol. The molecule has 1 amide bonds. The predicted molar refractivity (Wildman–Crippen MR) is 117 cm³/mol. The Morgan fingerprint density at radius 2 is 2.03 bits per heavy atom. The lowest BCUT2D eigenvalue weighted by Gasteiger charge is -2.32.